The molecule has 1 aromatic carbocycles. The maximum Gasteiger partial charge on any atom is 0.223 e. The van der Waals surface area contributed by atoms with E-state index in [4.69, 9.17) is 5.73 Å². The van der Waals surface area contributed by atoms with E-state index in [0.29, 0.717) is 6.42 Å². The van der Waals surface area contributed by atoms with Crippen LogP contribution in [0.15, 0.2) is 29.2 Å². The van der Waals surface area contributed by atoms with Crippen molar-refractivity contribution in [3.05, 3.63) is 24.3 Å². The Labute approximate surface area is 112 Å². The van der Waals surface area contributed by atoms with E-state index in [1.165, 1.54) is 0 Å². The number of thioether (sulfide) groups is 1. The minimum Gasteiger partial charge on any atom is -0.399 e. The third-order valence-corrected chi connectivity index (χ3v) is 3.95. The van der Waals surface area contributed by atoms with Gasteiger partial charge >= 0.3 is 0 Å². The fraction of sp³-hybridized carbons (Fsp3) is 0.462. The fourth-order valence-corrected chi connectivity index (χ4v) is 2.73. The predicted octanol–water partition coefficient (Wildman–Crippen LogP) is 1.18. The van der Waals surface area contributed by atoms with Crippen molar-refractivity contribution < 1.29 is 4.79 Å². The van der Waals surface area contributed by atoms with E-state index in [2.05, 4.69) is 5.32 Å². The van der Waals surface area contributed by atoms with Gasteiger partial charge in [-0.2, -0.15) is 0 Å². The van der Waals surface area contributed by atoms with Gasteiger partial charge in [-0.3, -0.25) is 4.79 Å². The van der Waals surface area contributed by atoms with Crippen LogP contribution in [-0.4, -0.2) is 42.7 Å². The molecule has 2 rings (SSSR count). The number of amides is 1. The summed E-state index contributed by atoms with van der Waals surface area (Å²) >= 11 is 1.70. The van der Waals surface area contributed by atoms with Gasteiger partial charge in [-0.15, -0.1) is 11.8 Å². The average molecular weight is 265 g/mol. The minimum absolute atomic E-state index is 0.263. The number of anilines is 1. The summed E-state index contributed by atoms with van der Waals surface area (Å²) in [5.74, 6) is 1.09. The zero-order valence-electron chi connectivity index (χ0n) is 10.4. The molecule has 1 fully saturated rings. The molecular weight excluding hydrogens is 246 g/mol. The Balaban J connectivity index is 1.71. The lowest BCUT2D eigenvalue weighted by Gasteiger charge is -2.27. The van der Waals surface area contributed by atoms with E-state index in [1.807, 2.05) is 29.2 Å². The van der Waals surface area contributed by atoms with Gasteiger partial charge in [0.05, 0.1) is 0 Å². The maximum atomic E-state index is 11.9. The Morgan fingerprint density at radius 1 is 1.28 bits per heavy atom. The van der Waals surface area contributed by atoms with Gasteiger partial charge in [-0.1, -0.05) is 0 Å². The number of nitrogens with zero attached hydrogens (tertiary/aromatic N) is 1. The molecule has 0 radical (unpaired) electrons. The van der Waals surface area contributed by atoms with Gasteiger partial charge in [0.15, 0.2) is 0 Å². The molecule has 1 amide bonds. The average Bonchev–Trinajstić information content (AvgIpc) is 2.42. The van der Waals surface area contributed by atoms with Gasteiger partial charge in [0.25, 0.3) is 0 Å². The van der Waals surface area contributed by atoms with Crippen molar-refractivity contribution in [2.45, 2.75) is 11.3 Å². The van der Waals surface area contributed by atoms with Crippen molar-refractivity contribution >= 4 is 23.4 Å². The molecule has 1 saturated heterocycles. The molecule has 0 atom stereocenters. The largest absolute Gasteiger partial charge is 0.399 e. The Morgan fingerprint density at radius 3 is 2.61 bits per heavy atom. The normalized spacial score (nSPS) is 15.7. The first-order chi connectivity index (χ1) is 8.75. The second-order valence-corrected chi connectivity index (χ2v) is 5.47. The van der Waals surface area contributed by atoms with Gasteiger partial charge in [-0.05, 0) is 24.3 Å². The number of benzene rings is 1. The van der Waals surface area contributed by atoms with Crippen molar-refractivity contribution in [1.29, 1.82) is 0 Å². The number of carbonyl (C=O) groups is 1. The molecule has 0 aliphatic carbocycles. The number of nitrogens with two attached hydrogens (primary N) is 1. The lowest BCUT2D eigenvalue weighted by atomic mass is 10.3. The van der Waals surface area contributed by atoms with Crippen LogP contribution >= 0.6 is 11.8 Å². The van der Waals surface area contributed by atoms with E-state index >= 15 is 0 Å². The molecule has 5 heteroatoms. The van der Waals surface area contributed by atoms with Gasteiger partial charge in [0.1, 0.15) is 0 Å². The smallest absolute Gasteiger partial charge is 0.223 e. The first kappa shape index (κ1) is 13.2. The number of nitrogen functional groups attached to an aromatic ring is 1. The highest BCUT2D eigenvalue weighted by Crippen LogP contribution is 2.20. The second-order valence-electron chi connectivity index (χ2n) is 4.30. The summed E-state index contributed by atoms with van der Waals surface area (Å²) in [5, 5.41) is 3.25. The summed E-state index contributed by atoms with van der Waals surface area (Å²) in [6.45, 7) is 3.50. The van der Waals surface area contributed by atoms with E-state index in [0.717, 1.165) is 42.5 Å². The molecule has 18 heavy (non-hydrogen) atoms. The summed E-state index contributed by atoms with van der Waals surface area (Å²) in [6.07, 6.45) is 0.606. The lowest BCUT2D eigenvalue weighted by molar-refractivity contribution is -0.131. The molecule has 1 aromatic rings. The minimum atomic E-state index is 0.263. The van der Waals surface area contributed by atoms with Gasteiger partial charge < -0.3 is 16.0 Å². The Kier molecular flexibility index (Phi) is 4.90. The molecular formula is C13H19N3OS. The third kappa shape index (κ3) is 3.92. The van der Waals surface area contributed by atoms with Crippen molar-refractivity contribution in [2.24, 2.45) is 0 Å². The molecule has 0 bridgehead atoms. The molecule has 1 aliphatic heterocycles. The van der Waals surface area contributed by atoms with Crippen LogP contribution in [-0.2, 0) is 4.79 Å². The van der Waals surface area contributed by atoms with Gasteiger partial charge in [-0.25, -0.2) is 0 Å². The Bertz CT molecular complexity index is 388. The molecule has 98 valence electrons. The van der Waals surface area contributed by atoms with Crippen LogP contribution in [0.25, 0.3) is 0 Å². The van der Waals surface area contributed by atoms with E-state index in [9.17, 15) is 4.79 Å². The molecule has 0 unspecified atom stereocenters. The molecule has 3 N–H and O–H groups in total. The maximum absolute atomic E-state index is 11.9. The number of rotatable bonds is 4. The van der Waals surface area contributed by atoms with Crippen LogP contribution in [0.2, 0.25) is 0 Å². The van der Waals surface area contributed by atoms with Crippen LogP contribution < -0.4 is 11.1 Å². The van der Waals surface area contributed by atoms with Crippen molar-refractivity contribution in [2.75, 3.05) is 37.7 Å². The topological polar surface area (TPSA) is 58.4 Å². The lowest BCUT2D eigenvalue weighted by Crippen LogP contribution is -2.46. The Hall–Kier alpha value is -1.20. The zero-order chi connectivity index (χ0) is 12.8. The number of piperazine rings is 1. The number of hydrogen-bond acceptors (Lipinski definition) is 4. The Morgan fingerprint density at radius 2 is 1.94 bits per heavy atom. The molecule has 1 heterocycles. The number of hydrogen-bond donors (Lipinski definition) is 2. The van der Waals surface area contributed by atoms with Crippen LogP contribution in [0.3, 0.4) is 0 Å². The monoisotopic (exact) mass is 265 g/mol. The van der Waals surface area contributed by atoms with Crippen molar-refractivity contribution in [1.82, 2.24) is 10.2 Å². The van der Waals surface area contributed by atoms with E-state index in [1.54, 1.807) is 11.8 Å². The molecule has 0 saturated carbocycles. The van der Waals surface area contributed by atoms with Gasteiger partial charge in [0.2, 0.25) is 5.91 Å². The fourth-order valence-electron chi connectivity index (χ4n) is 1.89. The van der Waals surface area contributed by atoms with Crippen LogP contribution in [0.4, 0.5) is 5.69 Å². The molecule has 4 nitrogen and oxygen atoms in total. The SMILES string of the molecule is Nc1ccc(SCCC(=O)N2CCNCC2)cc1. The molecule has 0 spiro atoms. The summed E-state index contributed by atoms with van der Waals surface area (Å²) in [6, 6.07) is 7.77. The van der Waals surface area contributed by atoms with E-state index in [-0.39, 0.29) is 5.91 Å². The summed E-state index contributed by atoms with van der Waals surface area (Å²) < 4.78 is 0. The van der Waals surface area contributed by atoms with Crippen molar-refractivity contribution in [3.63, 3.8) is 0 Å². The highest BCUT2D eigenvalue weighted by atomic mass is 32.2. The third-order valence-electron chi connectivity index (χ3n) is 2.93. The van der Waals surface area contributed by atoms with Crippen LogP contribution in [0.5, 0.6) is 0 Å². The highest BCUT2D eigenvalue weighted by molar-refractivity contribution is 7.99. The zero-order valence-corrected chi connectivity index (χ0v) is 11.2. The van der Waals surface area contributed by atoms with Crippen LogP contribution in [0.1, 0.15) is 6.42 Å². The van der Waals surface area contributed by atoms with Crippen LogP contribution in [0, 0.1) is 0 Å². The summed E-state index contributed by atoms with van der Waals surface area (Å²) in [4.78, 5) is 15.0. The number of nitrogens with one attached hydrogen (secondary N) is 1. The van der Waals surface area contributed by atoms with Gasteiger partial charge in [0, 0.05) is 48.9 Å². The highest BCUT2D eigenvalue weighted by Gasteiger charge is 2.15. The standard InChI is InChI=1S/C13H19N3OS/c14-11-1-3-12(4-2-11)18-10-5-13(17)16-8-6-15-7-9-16/h1-4,15H,5-10,14H2. The number of carbonyl (C=O) groups excluding carboxylic acids is 1. The second kappa shape index (κ2) is 6.66. The summed E-state index contributed by atoms with van der Waals surface area (Å²) in [5.41, 5.74) is 6.40. The quantitative estimate of drug-likeness (QED) is 0.634. The first-order valence-corrected chi connectivity index (χ1v) is 7.21. The molecule has 1 aliphatic rings. The first-order valence-electron chi connectivity index (χ1n) is 6.22. The van der Waals surface area contributed by atoms with E-state index < -0.39 is 0 Å². The molecule has 0 aromatic heterocycles. The van der Waals surface area contributed by atoms with Crippen molar-refractivity contribution in [3.8, 4) is 0 Å². The summed E-state index contributed by atoms with van der Waals surface area (Å²) in [7, 11) is 0. The predicted molar refractivity (Wildman–Crippen MR) is 75.6 cm³/mol.